The summed E-state index contributed by atoms with van der Waals surface area (Å²) in [6, 6.07) is 16.7. The van der Waals surface area contributed by atoms with Gasteiger partial charge in [0.25, 0.3) is 0 Å². The highest BCUT2D eigenvalue weighted by Gasteiger charge is 2.28. The zero-order chi connectivity index (χ0) is 19.3. The van der Waals surface area contributed by atoms with Gasteiger partial charge in [-0.25, -0.2) is 0 Å². The minimum atomic E-state index is 0.223. The Morgan fingerprint density at radius 3 is 2.82 bits per heavy atom. The molecule has 1 saturated heterocycles. The van der Waals surface area contributed by atoms with E-state index in [-0.39, 0.29) is 11.8 Å². The van der Waals surface area contributed by atoms with E-state index in [1.54, 1.807) is 0 Å². The molecule has 2 aromatic rings. The van der Waals surface area contributed by atoms with E-state index in [0.717, 1.165) is 31.6 Å². The number of aryl methyl sites for hydroxylation is 2. The molecule has 1 atom stereocenters. The third kappa shape index (κ3) is 4.53. The third-order valence-corrected chi connectivity index (χ3v) is 5.70. The predicted molar refractivity (Wildman–Crippen MR) is 113 cm³/mol. The van der Waals surface area contributed by atoms with Gasteiger partial charge in [0.05, 0.1) is 0 Å². The van der Waals surface area contributed by atoms with Crippen LogP contribution in [0.3, 0.4) is 0 Å². The number of nitrogens with one attached hydrogen (secondary N) is 1. The highest BCUT2D eigenvalue weighted by atomic mass is 16.2. The third-order valence-electron chi connectivity index (χ3n) is 5.70. The van der Waals surface area contributed by atoms with E-state index in [1.165, 1.54) is 29.5 Å². The Labute approximate surface area is 166 Å². The van der Waals surface area contributed by atoms with Crippen molar-refractivity contribution >= 4 is 17.6 Å². The number of anilines is 1. The second-order valence-corrected chi connectivity index (χ2v) is 7.83. The van der Waals surface area contributed by atoms with Crippen LogP contribution in [0.25, 0.3) is 0 Å². The lowest BCUT2D eigenvalue weighted by Crippen LogP contribution is -2.28. The van der Waals surface area contributed by atoms with Gasteiger partial charge in [-0.05, 0) is 54.5 Å². The fourth-order valence-corrected chi connectivity index (χ4v) is 4.17. The monoisotopic (exact) mass is 376 g/mol. The van der Waals surface area contributed by atoms with E-state index in [0.29, 0.717) is 18.9 Å². The number of carbonyl (C=O) groups excluding carboxylic acids is 1. The molecule has 4 rings (SSSR count). The number of benzene rings is 2. The number of fused-ring (bicyclic) bond motifs is 1. The van der Waals surface area contributed by atoms with Crippen molar-refractivity contribution in [3.8, 4) is 0 Å². The standard InChI is InChI=1S/C23H28N4O/c24-23(26-21-10-9-19-7-4-8-20(19)14-21)25-15-18-13-22(28)27(16-18)12-11-17-5-2-1-3-6-17/h1-3,5-6,9-10,14,18H,4,7-8,11-13,15-16H2,(H3,24,25,26). The summed E-state index contributed by atoms with van der Waals surface area (Å²) < 4.78 is 0. The van der Waals surface area contributed by atoms with E-state index in [1.807, 2.05) is 23.1 Å². The molecule has 1 aliphatic carbocycles. The fraction of sp³-hybridized carbons (Fsp3) is 0.391. The Balaban J connectivity index is 1.26. The molecule has 28 heavy (non-hydrogen) atoms. The molecule has 146 valence electrons. The highest BCUT2D eigenvalue weighted by molar-refractivity contribution is 5.92. The lowest BCUT2D eigenvalue weighted by atomic mass is 10.1. The van der Waals surface area contributed by atoms with E-state index < -0.39 is 0 Å². The van der Waals surface area contributed by atoms with Gasteiger partial charge < -0.3 is 16.0 Å². The van der Waals surface area contributed by atoms with Crippen molar-refractivity contribution in [2.45, 2.75) is 32.1 Å². The number of carbonyl (C=O) groups is 1. The fourth-order valence-electron chi connectivity index (χ4n) is 4.17. The van der Waals surface area contributed by atoms with Gasteiger partial charge in [0.2, 0.25) is 5.91 Å². The molecule has 0 bridgehead atoms. The minimum Gasteiger partial charge on any atom is -0.370 e. The molecule has 2 aromatic carbocycles. The van der Waals surface area contributed by atoms with Gasteiger partial charge in [0.15, 0.2) is 5.96 Å². The Kier molecular flexibility index (Phi) is 5.60. The van der Waals surface area contributed by atoms with Crippen LogP contribution in [0.1, 0.15) is 29.5 Å². The number of guanidine groups is 1. The molecule has 1 heterocycles. The van der Waals surface area contributed by atoms with Crippen molar-refractivity contribution < 1.29 is 4.79 Å². The normalized spacial score (nSPS) is 19.1. The summed E-state index contributed by atoms with van der Waals surface area (Å²) in [6.45, 7) is 2.12. The smallest absolute Gasteiger partial charge is 0.223 e. The van der Waals surface area contributed by atoms with Gasteiger partial charge in [-0.15, -0.1) is 0 Å². The molecule has 5 heteroatoms. The first-order chi connectivity index (χ1) is 13.7. The van der Waals surface area contributed by atoms with Gasteiger partial charge in [0.1, 0.15) is 0 Å². The molecule has 1 unspecified atom stereocenters. The second-order valence-electron chi connectivity index (χ2n) is 7.83. The van der Waals surface area contributed by atoms with Crippen LogP contribution < -0.4 is 11.1 Å². The summed E-state index contributed by atoms with van der Waals surface area (Å²) in [5.74, 6) is 0.887. The van der Waals surface area contributed by atoms with Crippen molar-refractivity contribution in [1.82, 2.24) is 4.90 Å². The van der Waals surface area contributed by atoms with Crippen LogP contribution in [0.5, 0.6) is 0 Å². The first-order valence-electron chi connectivity index (χ1n) is 10.2. The maximum Gasteiger partial charge on any atom is 0.223 e. The number of nitrogens with two attached hydrogens (primary N) is 1. The quantitative estimate of drug-likeness (QED) is 0.601. The molecule has 0 spiro atoms. The van der Waals surface area contributed by atoms with Gasteiger partial charge >= 0.3 is 0 Å². The summed E-state index contributed by atoms with van der Waals surface area (Å²) in [4.78, 5) is 18.7. The van der Waals surface area contributed by atoms with Crippen LogP contribution in [0.15, 0.2) is 53.5 Å². The summed E-state index contributed by atoms with van der Waals surface area (Å²) in [5, 5.41) is 3.19. The van der Waals surface area contributed by atoms with Crippen LogP contribution in [0.2, 0.25) is 0 Å². The maximum atomic E-state index is 12.3. The number of amides is 1. The number of nitrogens with zero attached hydrogens (tertiary/aromatic N) is 2. The Bertz CT molecular complexity index is 862. The van der Waals surface area contributed by atoms with Crippen LogP contribution in [0, 0.1) is 5.92 Å². The Morgan fingerprint density at radius 2 is 1.96 bits per heavy atom. The Morgan fingerprint density at radius 1 is 1.14 bits per heavy atom. The van der Waals surface area contributed by atoms with Gasteiger partial charge in [-0.2, -0.15) is 0 Å². The molecule has 1 aliphatic heterocycles. The summed E-state index contributed by atoms with van der Waals surface area (Å²) in [7, 11) is 0. The predicted octanol–water partition coefficient (Wildman–Crippen LogP) is 2.99. The van der Waals surface area contributed by atoms with E-state index in [4.69, 9.17) is 5.73 Å². The SMILES string of the molecule is NC(=NCC1CC(=O)N(CCc2ccccc2)C1)Nc1ccc2c(c1)CCC2. The molecular weight excluding hydrogens is 348 g/mol. The largest absolute Gasteiger partial charge is 0.370 e. The first kappa shape index (κ1) is 18.5. The van der Waals surface area contributed by atoms with Crippen LogP contribution in [-0.2, 0) is 24.1 Å². The minimum absolute atomic E-state index is 0.223. The van der Waals surface area contributed by atoms with Crippen LogP contribution >= 0.6 is 0 Å². The molecule has 5 nitrogen and oxygen atoms in total. The molecule has 1 amide bonds. The summed E-state index contributed by atoms with van der Waals surface area (Å²) in [5.41, 5.74) is 11.2. The maximum absolute atomic E-state index is 12.3. The van der Waals surface area contributed by atoms with Gasteiger partial charge in [-0.3, -0.25) is 9.79 Å². The first-order valence-corrected chi connectivity index (χ1v) is 10.2. The van der Waals surface area contributed by atoms with Crippen LogP contribution in [0.4, 0.5) is 5.69 Å². The van der Waals surface area contributed by atoms with Crippen molar-refractivity contribution in [3.05, 3.63) is 65.2 Å². The van der Waals surface area contributed by atoms with Crippen LogP contribution in [-0.4, -0.2) is 36.4 Å². The zero-order valence-electron chi connectivity index (χ0n) is 16.2. The average Bonchev–Trinajstić information content (AvgIpc) is 3.31. The summed E-state index contributed by atoms with van der Waals surface area (Å²) >= 11 is 0. The van der Waals surface area contributed by atoms with Crippen molar-refractivity contribution in [3.63, 3.8) is 0 Å². The lowest BCUT2D eigenvalue weighted by Gasteiger charge is -2.16. The molecule has 0 aromatic heterocycles. The van der Waals surface area contributed by atoms with Crippen molar-refractivity contribution in [2.24, 2.45) is 16.6 Å². The molecule has 2 aliphatic rings. The molecule has 1 fully saturated rings. The average molecular weight is 377 g/mol. The molecule has 0 saturated carbocycles. The number of hydrogen-bond donors (Lipinski definition) is 2. The van der Waals surface area contributed by atoms with Gasteiger partial charge in [0, 0.05) is 37.7 Å². The topological polar surface area (TPSA) is 70.7 Å². The van der Waals surface area contributed by atoms with Crippen molar-refractivity contribution in [2.75, 3.05) is 25.0 Å². The second kappa shape index (κ2) is 8.46. The number of hydrogen-bond acceptors (Lipinski definition) is 2. The van der Waals surface area contributed by atoms with E-state index in [9.17, 15) is 4.79 Å². The summed E-state index contributed by atoms with van der Waals surface area (Å²) in [6.07, 6.45) is 5.01. The van der Waals surface area contributed by atoms with E-state index >= 15 is 0 Å². The molecule has 3 N–H and O–H groups in total. The number of aliphatic imine (C=N–C) groups is 1. The highest BCUT2D eigenvalue weighted by Crippen LogP contribution is 2.25. The molecular formula is C23H28N4O. The zero-order valence-corrected chi connectivity index (χ0v) is 16.2. The molecule has 0 radical (unpaired) electrons. The van der Waals surface area contributed by atoms with E-state index in [2.05, 4.69) is 40.6 Å². The lowest BCUT2D eigenvalue weighted by molar-refractivity contribution is -0.127. The van der Waals surface area contributed by atoms with Crippen molar-refractivity contribution in [1.29, 1.82) is 0 Å². The van der Waals surface area contributed by atoms with Gasteiger partial charge in [-0.1, -0.05) is 36.4 Å². The Hall–Kier alpha value is -2.82. The number of likely N-dealkylation sites (tertiary alicyclic amines) is 1. The number of rotatable bonds is 6.